The summed E-state index contributed by atoms with van der Waals surface area (Å²) in [5.74, 6) is 4.85. The minimum absolute atomic E-state index is 0.172. The van der Waals surface area contributed by atoms with Gasteiger partial charge in [0.05, 0.1) is 13.2 Å². The van der Waals surface area contributed by atoms with E-state index in [0.717, 1.165) is 44.0 Å². The van der Waals surface area contributed by atoms with Crippen LogP contribution in [0.3, 0.4) is 0 Å². The number of allylic oxidation sites excluding steroid dienone is 1. The summed E-state index contributed by atoms with van der Waals surface area (Å²) in [6.07, 6.45) is 3.77. The van der Waals surface area contributed by atoms with Crippen molar-refractivity contribution in [2.24, 2.45) is 5.92 Å². The molecule has 0 saturated carbocycles. The number of rotatable bonds is 7. The Balaban J connectivity index is 1.53. The van der Waals surface area contributed by atoms with E-state index in [2.05, 4.69) is 46.3 Å². The van der Waals surface area contributed by atoms with Crippen LogP contribution in [0.2, 0.25) is 0 Å². The molecular weight excluding hydrogens is 430 g/mol. The van der Waals surface area contributed by atoms with Gasteiger partial charge >= 0.3 is 0 Å². The highest BCUT2D eigenvalue weighted by molar-refractivity contribution is 5.97. The molecule has 0 radical (unpaired) electrons. The van der Waals surface area contributed by atoms with Gasteiger partial charge < -0.3 is 10.1 Å². The van der Waals surface area contributed by atoms with E-state index in [-0.39, 0.29) is 5.92 Å². The Morgan fingerprint density at radius 2 is 1.76 bits per heavy atom. The standard InChI is InChI=1S/C27H31N3O4/c1-20(2)25(27(32)29-33)28-26(31)24-13-11-22(12-14-24)6-4-3-5-21-7-9-23(10-8-21)19-30-15-17-34-18-16-30/h3,5,7-14,20,25,33H,15-19H2,1-2H3,(H,28,31)(H,29,32)/t25-/m0/s1. The molecule has 1 heterocycles. The molecule has 0 aromatic heterocycles. The van der Waals surface area contributed by atoms with E-state index in [1.54, 1.807) is 49.7 Å². The lowest BCUT2D eigenvalue weighted by Gasteiger charge is -2.26. The van der Waals surface area contributed by atoms with Crippen molar-refractivity contribution < 1.29 is 19.5 Å². The maximum absolute atomic E-state index is 12.4. The van der Waals surface area contributed by atoms with Crippen molar-refractivity contribution in [3.05, 3.63) is 76.9 Å². The minimum Gasteiger partial charge on any atom is -0.379 e. The first kappa shape index (κ1) is 25.2. The molecule has 0 unspecified atom stereocenters. The molecule has 1 aliphatic rings. The number of carbonyl (C=O) groups excluding carboxylic acids is 2. The number of amides is 2. The molecule has 0 aliphatic carbocycles. The van der Waals surface area contributed by atoms with Gasteiger partial charge in [0, 0.05) is 30.8 Å². The van der Waals surface area contributed by atoms with Crippen LogP contribution in [-0.4, -0.2) is 54.3 Å². The number of ether oxygens (including phenoxy) is 1. The highest BCUT2D eigenvalue weighted by Crippen LogP contribution is 2.11. The highest BCUT2D eigenvalue weighted by Gasteiger charge is 2.24. The number of hydroxylamine groups is 1. The lowest BCUT2D eigenvalue weighted by molar-refractivity contribution is -0.132. The van der Waals surface area contributed by atoms with Gasteiger partial charge in [-0.25, -0.2) is 5.48 Å². The molecule has 2 aromatic carbocycles. The van der Waals surface area contributed by atoms with Crippen molar-refractivity contribution in [1.82, 2.24) is 15.7 Å². The molecule has 7 heteroatoms. The first-order valence-electron chi connectivity index (χ1n) is 11.4. The number of carbonyl (C=O) groups is 2. The summed E-state index contributed by atoms with van der Waals surface area (Å²) in [5.41, 5.74) is 5.14. The summed E-state index contributed by atoms with van der Waals surface area (Å²) in [6, 6.07) is 14.5. The topological polar surface area (TPSA) is 90.9 Å². The smallest absolute Gasteiger partial charge is 0.266 e. The van der Waals surface area contributed by atoms with E-state index in [1.165, 1.54) is 5.56 Å². The molecule has 178 valence electrons. The summed E-state index contributed by atoms with van der Waals surface area (Å²) < 4.78 is 5.39. The third-order valence-electron chi connectivity index (χ3n) is 5.56. The van der Waals surface area contributed by atoms with Crippen LogP contribution in [0, 0.1) is 17.8 Å². The van der Waals surface area contributed by atoms with Crippen molar-refractivity contribution in [2.75, 3.05) is 26.3 Å². The van der Waals surface area contributed by atoms with E-state index in [1.807, 2.05) is 6.08 Å². The second-order valence-corrected chi connectivity index (χ2v) is 8.48. The molecule has 2 amide bonds. The zero-order valence-electron chi connectivity index (χ0n) is 19.6. The predicted octanol–water partition coefficient (Wildman–Crippen LogP) is 2.84. The Bertz CT molecular complexity index is 1040. The summed E-state index contributed by atoms with van der Waals surface area (Å²) >= 11 is 0. The Labute approximate surface area is 200 Å². The van der Waals surface area contributed by atoms with Crippen LogP contribution < -0.4 is 10.8 Å². The molecule has 1 saturated heterocycles. The molecule has 0 spiro atoms. The Hall–Kier alpha value is -3.44. The van der Waals surface area contributed by atoms with Gasteiger partial charge in [-0.05, 0) is 53.5 Å². The second kappa shape index (κ2) is 12.7. The van der Waals surface area contributed by atoms with Gasteiger partial charge in [0.25, 0.3) is 11.8 Å². The fraction of sp³-hybridized carbons (Fsp3) is 0.333. The number of hydrogen-bond acceptors (Lipinski definition) is 5. The summed E-state index contributed by atoms with van der Waals surface area (Å²) in [6.45, 7) is 8.06. The maximum atomic E-state index is 12.4. The predicted molar refractivity (Wildman–Crippen MR) is 131 cm³/mol. The molecule has 7 nitrogen and oxygen atoms in total. The van der Waals surface area contributed by atoms with E-state index in [9.17, 15) is 9.59 Å². The fourth-order valence-corrected chi connectivity index (χ4v) is 3.55. The van der Waals surface area contributed by atoms with Crippen LogP contribution in [0.4, 0.5) is 0 Å². The zero-order chi connectivity index (χ0) is 24.3. The van der Waals surface area contributed by atoms with Crippen LogP contribution in [0.15, 0.2) is 54.6 Å². The van der Waals surface area contributed by atoms with Crippen molar-refractivity contribution >= 4 is 17.9 Å². The van der Waals surface area contributed by atoms with Crippen LogP contribution in [0.5, 0.6) is 0 Å². The quantitative estimate of drug-likeness (QED) is 0.335. The summed E-state index contributed by atoms with van der Waals surface area (Å²) in [5, 5.41) is 11.5. The van der Waals surface area contributed by atoms with Crippen LogP contribution >= 0.6 is 0 Å². The SMILES string of the molecule is CC(C)[C@H](NC(=O)c1ccc(C#CC=Cc2ccc(CN3CCOCC3)cc2)cc1)C(=O)NO. The number of nitrogens with zero attached hydrogens (tertiary/aromatic N) is 1. The third-order valence-corrected chi connectivity index (χ3v) is 5.56. The van der Waals surface area contributed by atoms with E-state index >= 15 is 0 Å². The molecule has 34 heavy (non-hydrogen) atoms. The molecule has 2 aromatic rings. The van der Waals surface area contributed by atoms with Crippen LogP contribution in [0.25, 0.3) is 6.08 Å². The summed E-state index contributed by atoms with van der Waals surface area (Å²) in [7, 11) is 0. The lowest BCUT2D eigenvalue weighted by atomic mass is 10.0. The van der Waals surface area contributed by atoms with Gasteiger partial charge in [-0.2, -0.15) is 0 Å². The number of benzene rings is 2. The third kappa shape index (κ3) is 7.56. The van der Waals surface area contributed by atoms with E-state index < -0.39 is 17.9 Å². The van der Waals surface area contributed by atoms with E-state index in [0.29, 0.717) is 5.56 Å². The van der Waals surface area contributed by atoms with Gasteiger partial charge in [-0.15, -0.1) is 0 Å². The largest absolute Gasteiger partial charge is 0.379 e. The molecular formula is C27H31N3O4. The normalized spacial score (nSPS) is 14.9. The van der Waals surface area contributed by atoms with Gasteiger partial charge in [-0.3, -0.25) is 19.7 Å². The van der Waals surface area contributed by atoms with Gasteiger partial charge in [0.15, 0.2) is 0 Å². The van der Waals surface area contributed by atoms with Crippen molar-refractivity contribution in [2.45, 2.75) is 26.4 Å². The zero-order valence-corrected chi connectivity index (χ0v) is 19.6. The average Bonchev–Trinajstić information content (AvgIpc) is 2.86. The fourth-order valence-electron chi connectivity index (χ4n) is 3.55. The lowest BCUT2D eigenvalue weighted by Crippen LogP contribution is -2.48. The number of hydrogen-bond donors (Lipinski definition) is 3. The van der Waals surface area contributed by atoms with Gasteiger partial charge in [0.2, 0.25) is 0 Å². The van der Waals surface area contributed by atoms with Crippen molar-refractivity contribution in [3.63, 3.8) is 0 Å². The molecule has 0 bridgehead atoms. The van der Waals surface area contributed by atoms with Crippen LogP contribution in [-0.2, 0) is 16.1 Å². The van der Waals surface area contributed by atoms with Gasteiger partial charge in [0.1, 0.15) is 6.04 Å². The highest BCUT2D eigenvalue weighted by atomic mass is 16.5. The number of nitrogens with one attached hydrogen (secondary N) is 2. The Morgan fingerprint density at radius 3 is 2.38 bits per heavy atom. The van der Waals surface area contributed by atoms with Gasteiger partial charge in [-0.1, -0.05) is 50.0 Å². The van der Waals surface area contributed by atoms with E-state index in [4.69, 9.17) is 9.94 Å². The maximum Gasteiger partial charge on any atom is 0.266 e. The molecule has 1 aliphatic heterocycles. The molecule has 1 atom stereocenters. The average molecular weight is 462 g/mol. The molecule has 3 N–H and O–H groups in total. The molecule has 1 fully saturated rings. The number of morpholine rings is 1. The monoisotopic (exact) mass is 461 g/mol. The second-order valence-electron chi connectivity index (χ2n) is 8.48. The Kier molecular flexibility index (Phi) is 9.41. The van der Waals surface area contributed by atoms with Crippen molar-refractivity contribution in [1.29, 1.82) is 0 Å². The van der Waals surface area contributed by atoms with Crippen LogP contribution in [0.1, 0.15) is 40.9 Å². The Morgan fingerprint density at radius 1 is 1.09 bits per heavy atom. The van der Waals surface area contributed by atoms with Crippen molar-refractivity contribution in [3.8, 4) is 11.8 Å². The molecule has 3 rings (SSSR count). The summed E-state index contributed by atoms with van der Waals surface area (Å²) in [4.78, 5) is 26.5. The first-order valence-corrected chi connectivity index (χ1v) is 11.4. The first-order chi connectivity index (χ1) is 16.5. The minimum atomic E-state index is -0.824.